The van der Waals surface area contributed by atoms with Gasteiger partial charge in [-0.3, -0.25) is 9.59 Å². The fraction of sp³-hybridized carbons (Fsp3) is 0.886. The third kappa shape index (κ3) is 4.34. The minimum absolute atomic E-state index is 0.0325. The molecule has 0 aromatic rings. The maximum atomic E-state index is 13.2. The molecule has 1 heterocycles. The maximum absolute atomic E-state index is 13.2. The van der Waals surface area contributed by atoms with E-state index in [1.54, 1.807) is 6.92 Å². The van der Waals surface area contributed by atoms with Crippen molar-refractivity contribution in [3.05, 3.63) is 11.6 Å². The molecule has 14 atom stereocenters. The monoisotopic (exact) mass is 634 g/mol. The molecule has 0 aromatic heterocycles. The highest BCUT2D eigenvalue weighted by atomic mass is 16.7. The van der Waals surface area contributed by atoms with Gasteiger partial charge >= 0.3 is 11.9 Å². The maximum Gasteiger partial charge on any atom is 0.312 e. The summed E-state index contributed by atoms with van der Waals surface area (Å²) >= 11 is 0. The Labute approximate surface area is 266 Å². The molecule has 6 aliphatic rings. The van der Waals surface area contributed by atoms with Crippen LogP contribution in [-0.2, 0) is 19.1 Å². The number of carboxylic acids is 2. The first-order chi connectivity index (χ1) is 20.8. The van der Waals surface area contributed by atoms with E-state index >= 15 is 0 Å². The van der Waals surface area contributed by atoms with Crippen molar-refractivity contribution in [3.8, 4) is 0 Å². The van der Waals surface area contributed by atoms with Gasteiger partial charge < -0.3 is 40.1 Å². The van der Waals surface area contributed by atoms with Gasteiger partial charge in [0.2, 0.25) is 0 Å². The zero-order valence-corrected chi connectivity index (χ0v) is 27.7. The summed E-state index contributed by atoms with van der Waals surface area (Å²) in [5.74, 6) is -2.27. The first-order valence-corrected chi connectivity index (χ1v) is 17.0. The van der Waals surface area contributed by atoms with Crippen LogP contribution >= 0.6 is 0 Å². The lowest BCUT2D eigenvalue weighted by Crippen LogP contribution is -2.69. The van der Waals surface area contributed by atoms with E-state index in [2.05, 4.69) is 40.7 Å². The number of ether oxygens (including phenoxy) is 2. The van der Waals surface area contributed by atoms with Crippen LogP contribution in [0.3, 0.4) is 0 Å². The van der Waals surface area contributed by atoms with Crippen molar-refractivity contribution >= 4 is 11.9 Å². The van der Waals surface area contributed by atoms with Crippen molar-refractivity contribution in [2.24, 2.45) is 50.2 Å². The molecule has 0 radical (unpaired) electrons. The number of aliphatic hydroxyl groups excluding tert-OH is 4. The molecule has 1 aliphatic heterocycles. The Balaban J connectivity index is 1.36. The molecule has 5 fully saturated rings. The molecule has 10 nitrogen and oxygen atoms in total. The molecule has 6 N–H and O–H groups in total. The van der Waals surface area contributed by atoms with E-state index in [-0.39, 0.29) is 40.6 Å². The second kappa shape index (κ2) is 10.5. The number of aliphatic carboxylic acids is 2. The average Bonchev–Trinajstić information content (AvgIpc) is 2.94. The van der Waals surface area contributed by atoms with E-state index in [1.807, 2.05) is 0 Å². The number of fused-ring (bicyclic) bond motifs is 7. The Hall–Kier alpha value is -1.56. The summed E-state index contributed by atoms with van der Waals surface area (Å²) in [5, 5.41) is 64.0. The number of aliphatic hydroxyl groups is 4. The molecule has 2 unspecified atom stereocenters. The van der Waals surface area contributed by atoms with Crippen molar-refractivity contribution in [2.45, 2.75) is 136 Å². The van der Waals surface area contributed by atoms with Crippen LogP contribution in [0.1, 0.15) is 99.3 Å². The number of hydrogen-bond acceptors (Lipinski definition) is 8. The summed E-state index contributed by atoms with van der Waals surface area (Å²) in [7, 11) is 0. The minimum atomic E-state index is -1.50. The predicted molar refractivity (Wildman–Crippen MR) is 163 cm³/mol. The fourth-order valence-corrected chi connectivity index (χ4v) is 12.0. The summed E-state index contributed by atoms with van der Waals surface area (Å²) in [4.78, 5) is 26.2. The lowest BCUT2D eigenvalue weighted by atomic mass is 9.33. The molecule has 6 rings (SSSR count). The molecule has 0 amide bonds. The zero-order chi connectivity index (χ0) is 33.1. The Morgan fingerprint density at radius 2 is 1.53 bits per heavy atom. The van der Waals surface area contributed by atoms with Gasteiger partial charge in [0.1, 0.15) is 23.7 Å². The van der Waals surface area contributed by atoms with Crippen molar-refractivity contribution in [2.75, 3.05) is 6.61 Å². The summed E-state index contributed by atoms with van der Waals surface area (Å²) in [6.07, 6.45) is 0.607. The van der Waals surface area contributed by atoms with Crippen molar-refractivity contribution < 1.29 is 49.7 Å². The molecule has 1 saturated heterocycles. The summed E-state index contributed by atoms with van der Waals surface area (Å²) < 4.78 is 11.7. The SMILES string of the molecule is CC1(C)CC[C@]2(C(=O)O)[C@H](C1)C1=CCC3[C@]4(C)CC[C@@H](O[C@H]5OC[C@H](O)[C@@H](O)[C@@H]5O)[C@](C)(C(=O)O)C4CC[C@]3(C)[C@@]1(C)C[C@@H]2O. The van der Waals surface area contributed by atoms with Crippen LogP contribution in [0.15, 0.2) is 11.6 Å². The highest BCUT2D eigenvalue weighted by Gasteiger charge is 2.72. The van der Waals surface area contributed by atoms with Gasteiger partial charge in [-0.2, -0.15) is 0 Å². The smallest absolute Gasteiger partial charge is 0.312 e. The number of hydrogen-bond donors (Lipinski definition) is 6. The zero-order valence-electron chi connectivity index (χ0n) is 27.7. The Bertz CT molecular complexity index is 1260. The van der Waals surface area contributed by atoms with Gasteiger partial charge in [-0.25, -0.2) is 0 Å². The molecular weight excluding hydrogens is 580 g/mol. The van der Waals surface area contributed by atoms with Crippen LogP contribution in [0, 0.1) is 50.2 Å². The number of allylic oxidation sites excluding steroid dienone is 2. The molecule has 254 valence electrons. The van der Waals surface area contributed by atoms with Gasteiger partial charge in [-0.05, 0) is 104 Å². The van der Waals surface area contributed by atoms with E-state index in [9.17, 15) is 40.2 Å². The second-order valence-corrected chi connectivity index (χ2v) is 17.3. The van der Waals surface area contributed by atoms with E-state index in [1.165, 1.54) is 5.57 Å². The van der Waals surface area contributed by atoms with Crippen molar-refractivity contribution in [1.29, 1.82) is 0 Å². The van der Waals surface area contributed by atoms with Gasteiger partial charge in [-0.1, -0.05) is 46.3 Å². The summed E-state index contributed by atoms with van der Waals surface area (Å²) in [6.45, 7) is 12.7. The van der Waals surface area contributed by atoms with E-state index in [0.717, 1.165) is 25.7 Å². The lowest BCUT2D eigenvalue weighted by molar-refractivity contribution is -0.308. The molecule has 0 spiro atoms. The van der Waals surface area contributed by atoms with Crippen molar-refractivity contribution in [1.82, 2.24) is 0 Å². The normalized spacial score (nSPS) is 54.0. The summed E-state index contributed by atoms with van der Waals surface area (Å²) in [5.41, 5.74) is -2.44. The molecule has 0 bridgehead atoms. The Morgan fingerprint density at radius 3 is 2.18 bits per heavy atom. The fourth-order valence-electron chi connectivity index (χ4n) is 12.0. The number of rotatable bonds is 4. The first-order valence-electron chi connectivity index (χ1n) is 17.0. The molecule has 5 aliphatic carbocycles. The molecule has 45 heavy (non-hydrogen) atoms. The first kappa shape index (κ1) is 33.3. The van der Waals surface area contributed by atoms with E-state index in [0.29, 0.717) is 32.1 Å². The van der Waals surface area contributed by atoms with Gasteiger partial charge in [0.25, 0.3) is 0 Å². The Morgan fingerprint density at radius 1 is 0.844 bits per heavy atom. The highest BCUT2D eigenvalue weighted by Crippen LogP contribution is 2.76. The molecule has 0 aromatic carbocycles. The standard InChI is InChI=1S/C35H54O10/c1-30(2)13-14-35(29(42)43)19(15-30)18-7-8-21-31(3)11-10-24(45-27-26(39)25(38)20(36)17-44-27)34(6,28(40)41)22(31)9-12-32(21,4)33(18,5)16-23(35)37/h7,19-27,36-39H,8-17H2,1-6H3,(H,40,41)(H,42,43)/t19-,20+,21?,22?,23+,24-,25-,26+,27-,31+,32+,33+,34-,35+/m1/s1. The van der Waals surface area contributed by atoms with Gasteiger partial charge in [0, 0.05) is 0 Å². The predicted octanol–water partition coefficient (Wildman–Crippen LogP) is 3.73. The van der Waals surface area contributed by atoms with Crippen LogP contribution in [0.2, 0.25) is 0 Å². The third-order valence-electron chi connectivity index (χ3n) is 14.9. The highest BCUT2D eigenvalue weighted by molar-refractivity contribution is 5.78. The molecule has 10 heteroatoms. The van der Waals surface area contributed by atoms with Crippen LogP contribution < -0.4 is 0 Å². The van der Waals surface area contributed by atoms with Gasteiger partial charge in [-0.15, -0.1) is 0 Å². The molecular formula is C35H54O10. The van der Waals surface area contributed by atoms with Crippen LogP contribution in [-0.4, -0.2) is 86.0 Å². The topological polar surface area (TPSA) is 174 Å². The molecule has 4 saturated carbocycles. The van der Waals surface area contributed by atoms with Crippen LogP contribution in [0.5, 0.6) is 0 Å². The minimum Gasteiger partial charge on any atom is -0.481 e. The Kier molecular flexibility index (Phi) is 7.76. The van der Waals surface area contributed by atoms with E-state index in [4.69, 9.17) is 9.47 Å². The largest absolute Gasteiger partial charge is 0.481 e. The van der Waals surface area contributed by atoms with Gasteiger partial charge in [0.15, 0.2) is 6.29 Å². The lowest BCUT2D eigenvalue weighted by Gasteiger charge is -2.71. The summed E-state index contributed by atoms with van der Waals surface area (Å²) in [6, 6.07) is 0. The van der Waals surface area contributed by atoms with Crippen LogP contribution in [0.25, 0.3) is 0 Å². The number of carbonyl (C=O) groups is 2. The van der Waals surface area contributed by atoms with Crippen molar-refractivity contribution in [3.63, 3.8) is 0 Å². The van der Waals surface area contributed by atoms with E-state index < -0.39 is 65.0 Å². The van der Waals surface area contributed by atoms with Crippen LogP contribution in [0.4, 0.5) is 0 Å². The average molecular weight is 635 g/mol. The second-order valence-electron chi connectivity index (χ2n) is 17.3. The quantitative estimate of drug-likeness (QED) is 0.198. The van der Waals surface area contributed by atoms with Gasteiger partial charge in [0.05, 0.1) is 24.2 Å². The third-order valence-corrected chi connectivity index (χ3v) is 14.9. The number of carboxylic acid groups (broad SMARTS) is 2.